The molecule has 1 amide bonds. The summed E-state index contributed by atoms with van der Waals surface area (Å²) >= 11 is 6.07. The van der Waals surface area contributed by atoms with E-state index in [9.17, 15) is 9.59 Å². The maximum absolute atomic E-state index is 12.4. The van der Waals surface area contributed by atoms with Crippen molar-refractivity contribution in [2.75, 3.05) is 12.4 Å². The number of aromatic nitrogens is 2. The van der Waals surface area contributed by atoms with Gasteiger partial charge in [0.05, 0.1) is 40.6 Å². The largest absolute Gasteiger partial charge is 0.465 e. The molecule has 2 aromatic carbocycles. The van der Waals surface area contributed by atoms with E-state index in [-0.39, 0.29) is 11.3 Å². The van der Waals surface area contributed by atoms with E-state index in [2.05, 4.69) is 20.0 Å². The number of rotatable bonds is 3. The van der Waals surface area contributed by atoms with Crippen LogP contribution in [0.3, 0.4) is 0 Å². The van der Waals surface area contributed by atoms with Gasteiger partial charge in [-0.3, -0.25) is 9.78 Å². The van der Waals surface area contributed by atoms with Crippen LogP contribution in [0.4, 0.5) is 5.69 Å². The Balaban J connectivity index is 1.89. The molecule has 0 saturated carbocycles. The number of anilines is 1. The molecule has 3 rings (SSSR count). The standard InChI is InChI=1S/C17H12ClN3O3/c1-24-17(23)10-6-7-11(18)14(8-10)21-16(22)15-9-19-12-4-2-3-5-13(12)20-15/h2-9H,1H3,(H,21,22). The van der Waals surface area contributed by atoms with Crippen molar-refractivity contribution in [3.63, 3.8) is 0 Å². The molecule has 1 aromatic heterocycles. The van der Waals surface area contributed by atoms with Crippen LogP contribution in [0, 0.1) is 0 Å². The molecule has 0 bridgehead atoms. The Bertz CT molecular complexity index is 943. The third kappa shape index (κ3) is 3.18. The second-order valence-electron chi connectivity index (χ2n) is 4.88. The van der Waals surface area contributed by atoms with Gasteiger partial charge in [-0.05, 0) is 30.3 Å². The third-order valence-electron chi connectivity index (χ3n) is 3.32. The number of hydrogen-bond donors (Lipinski definition) is 1. The number of carbonyl (C=O) groups excluding carboxylic acids is 2. The van der Waals surface area contributed by atoms with Crippen molar-refractivity contribution < 1.29 is 14.3 Å². The maximum atomic E-state index is 12.4. The fraction of sp³-hybridized carbons (Fsp3) is 0.0588. The van der Waals surface area contributed by atoms with Gasteiger partial charge in [0.25, 0.3) is 5.91 Å². The Morgan fingerprint density at radius 1 is 1.12 bits per heavy atom. The van der Waals surface area contributed by atoms with E-state index in [1.165, 1.54) is 31.5 Å². The SMILES string of the molecule is COC(=O)c1ccc(Cl)c(NC(=O)c2cnc3ccccc3n2)c1. The van der Waals surface area contributed by atoms with Crippen molar-refractivity contribution >= 4 is 40.2 Å². The number of benzene rings is 2. The summed E-state index contributed by atoms with van der Waals surface area (Å²) in [6.45, 7) is 0. The van der Waals surface area contributed by atoms with Gasteiger partial charge in [0.2, 0.25) is 0 Å². The first kappa shape index (κ1) is 15.9. The summed E-state index contributed by atoms with van der Waals surface area (Å²) in [5, 5.41) is 2.93. The van der Waals surface area contributed by atoms with Crippen LogP contribution in [0.25, 0.3) is 11.0 Å². The first-order valence-corrected chi connectivity index (χ1v) is 7.37. The van der Waals surface area contributed by atoms with Crippen LogP contribution in [0.15, 0.2) is 48.7 Å². The van der Waals surface area contributed by atoms with E-state index < -0.39 is 11.9 Å². The molecule has 0 fully saturated rings. The van der Waals surface area contributed by atoms with Gasteiger partial charge in [0, 0.05) is 0 Å². The predicted molar refractivity (Wildman–Crippen MR) is 90.3 cm³/mol. The zero-order valence-corrected chi connectivity index (χ0v) is 13.4. The number of esters is 1. The Labute approximate surface area is 142 Å². The molecule has 0 saturated heterocycles. The molecular formula is C17H12ClN3O3. The Morgan fingerprint density at radius 2 is 1.88 bits per heavy atom. The molecule has 1 heterocycles. The van der Waals surface area contributed by atoms with Gasteiger partial charge >= 0.3 is 5.97 Å². The number of nitrogens with one attached hydrogen (secondary N) is 1. The van der Waals surface area contributed by atoms with E-state index in [1.54, 1.807) is 12.1 Å². The van der Waals surface area contributed by atoms with Crippen LogP contribution < -0.4 is 5.32 Å². The average Bonchev–Trinajstić information content (AvgIpc) is 2.62. The first-order valence-electron chi connectivity index (χ1n) is 6.99. The smallest absolute Gasteiger partial charge is 0.337 e. The molecule has 0 aliphatic heterocycles. The molecule has 3 aromatic rings. The highest BCUT2D eigenvalue weighted by atomic mass is 35.5. The lowest BCUT2D eigenvalue weighted by Crippen LogP contribution is -2.15. The Kier molecular flexibility index (Phi) is 4.39. The van der Waals surface area contributed by atoms with Gasteiger partial charge in [-0.1, -0.05) is 23.7 Å². The topological polar surface area (TPSA) is 81.2 Å². The van der Waals surface area contributed by atoms with Crippen molar-refractivity contribution in [3.8, 4) is 0 Å². The summed E-state index contributed by atoms with van der Waals surface area (Å²) in [6.07, 6.45) is 1.38. The van der Waals surface area contributed by atoms with Crippen LogP contribution >= 0.6 is 11.6 Å². The Morgan fingerprint density at radius 3 is 2.62 bits per heavy atom. The van der Waals surface area contributed by atoms with E-state index in [0.29, 0.717) is 21.7 Å². The molecule has 0 unspecified atom stereocenters. The minimum Gasteiger partial charge on any atom is -0.465 e. The molecular weight excluding hydrogens is 330 g/mol. The lowest BCUT2D eigenvalue weighted by atomic mass is 10.2. The summed E-state index contributed by atoms with van der Waals surface area (Å²) in [5.74, 6) is -0.996. The second-order valence-corrected chi connectivity index (χ2v) is 5.29. The Hall–Kier alpha value is -2.99. The highest BCUT2D eigenvalue weighted by Crippen LogP contribution is 2.24. The third-order valence-corrected chi connectivity index (χ3v) is 3.65. The van der Waals surface area contributed by atoms with E-state index in [0.717, 1.165) is 0 Å². The van der Waals surface area contributed by atoms with Gasteiger partial charge in [0.1, 0.15) is 5.69 Å². The maximum Gasteiger partial charge on any atom is 0.337 e. The summed E-state index contributed by atoms with van der Waals surface area (Å²) in [5.41, 5.74) is 2.02. The van der Waals surface area contributed by atoms with Crippen LogP contribution in [0.2, 0.25) is 5.02 Å². The number of ether oxygens (including phenoxy) is 1. The van der Waals surface area contributed by atoms with Crippen molar-refractivity contribution in [1.29, 1.82) is 0 Å². The average molecular weight is 342 g/mol. The van der Waals surface area contributed by atoms with Crippen LogP contribution in [0.5, 0.6) is 0 Å². The van der Waals surface area contributed by atoms with Gasteiger partial charge in [-0.2, -0.15) is 0 Å². The monoisotopic (exact) mass is 341 g/mol. The van der Waals surface area contributed by atoms with E-state index in [4.69, 9.17) is 11.6 Å². The number of hydrogen-bond acceptors (Lipinski definition) is 5. The summed E-state index contributed by atoms with van der Waals surface area (Å²) in [4.78, 5) is 32.4. The highest BCUT2D eigenvalue weighted by molar-refractivity contribution is 6.34. The number of halogens is 1. The van der Waals surface area contributed by atoms with Crippen LogP contribution in [-0.4, -0.2) is 29.0 Å². The molecule has 6 nitrogen and oxygen atoms in total. The fourth-order valence-corrected chi connectivity index (χ4v) is 2.28. The van der Waals surface area contributed by atoms with Gasteiger partial charge in [-0.15, -0.1) is 0 Å². The number of amides is 1. The van der Waals surface area contributed by atoms with Crippen molar-refractivity contribution in [2.45, 2.75) is 0 Å². The number of carbonyl (C=O) groups is 2. The molecule has 1 N–H and O–H groups in total. The van der Waals surface area contributed by atoms with Crippen LogP contribution in [-0.2, 0) is 4.74 Å². The molecule has 120 valence electrons. The van der Waals surface area contributed by atoms with Crippen molar-refractivity contribution in [1.82, 2.24) is 9.97 Å². The lowest BCUT2D eigenvalue weighted by molar-refractivity contribution is 0.0600. The normalized spacial score (nSPS) is 10.4. The molecule has 0 spiro atoms. The minimum atomic E-state index is -0.521. The van der Waals surface area contributed by atoms with Crippen molar-refractivity contribution in [2.24, 2.45) is 0 Å². The number of para-hydroxylation sites is 2. The number of methoxy groups -OCH3 is 1. The lowest BCUT2D eigenvalue weighted by Gasteiger charge is -2.09. The second kappa shape index (κ2) is 6.64. The molecule has 7 heteroatoms. The van der Waals surface area contributed by atoms with E-state index in [1.807, 2.05) is 12.1 Å². The molecule has 0 aliphatic rings. The fourth-order valence-electron chi connectivity index (χ4n) is 2.12. The van der Waals surface area contributed by atoms with Gasteiger partial charge in [0.15, 0.2) is 0 Å². The summed E-state index contributed by atoms with van der Waals surface area (Å²) in [6, 6.07) is 11.7. The van der Waals surface area contributed by atoms with Gasteiger partial charge in [-0.25, -0.2) is 9.78 Å². The first-order chi connectivity index (χ1) is 11.6. The molecule has 24 heavy (non-hydrogen) atoms. The minimum absolute atomic E-state index is 0.147. The zero-order chi connectivity index (χ0) is 17.1. The molecule has 0 atom stereocenters. The predicted octanol–water partition coefficient (Wildman–Crippen LogP) is 3.32. The van der Waals surface area contributed by atoms with E-state index >= 15 is 0 Å². The summed E-state index contributed by atoms with van der Waals surface area (Å²) in [7, 11) is 1.28. The van der Waals surface area contributed by atoms with Crippen molar-refractivity contribution in [3.05, 3.63) is 64.9 Å². The number of fused-ring (bicyclic) bond motifs is 1. The molecule has 0 radical (unpaired) electrons. The highest BCUT2D eigenvalue weighted by Gasteiger charge is 2.14. The molecule has 0 aliphatic carbocycles. The van der Waals surface area contributed by atoms with Gasteiger partial charge < -0.3 is 10.1 Å². The summed E-state index contributed by atoms with van der Waals surface area (Å²) < 4.78 is 4.65. The number of nitrogens with zero attached hydrogens (tertiary/aromatic N) is 2. The van der Waals surface area contributed by atoms with Crippen LogP contribution in [0.1, 0.15) is 20.8 Å². The quantitative estimate of drug-likeness (QED) is 0.739. The zero-order valence-electron chi connectivity index (χ0n) is 12.6.